The molecule has 0 radical (unpaired) electrons. The summed E-state index contributed by atoms with van der Waals surface area (Å²) in [6, 6.07) is 5.46. The number of aromatic nitrogens is 2. The van der Waals surface area contributed by atoms with Gasteiger partial charge in [0.2, 0.25) is 0 Å². The molecule has 0 unspecified atom stereocenters. The van der Waals surface area contributed by atoms with Crippen molar-refractivity contribution in [3.05, 3.63) is 35.7 Å². The van der Waals surface area contributed by atoms with Crippen molar-refractivity contribution < 1.29 is 14.3 Å². The van der Waals surface area contributed by atoms with Crippen LogP contribution in [0.5, 0.6) is 5.75 Å². The molecule has 0 saturated carbocycles. The number of nitrogens with zero attached hydrogens (tertiary/aromatic N) is 3. The molecule has 0 fully saturated rings. The summed E-state index contributed by atoms with van der Waals surface area (Å²) in [7, 11) is 1.62. The lowest BCUT2D eigenvalue weighted by Crippen LogP contribution is -2.40. The summed E-state index contributed by atoms with van der Waals surface area (Å²) in [5.41, 5.74) is 8.92. The zero-order chi connectivity index (χ0) is 18.2. The molecule has 1 aliphatic heterocycles. The molecule has 0 atom stereocenters. The predicted molar refractivity (Wildman–Crippen MR) is 94.9 cm³/mol. The molecule has 7 nitrogen and oxygen atoms in total. The maximum Gasteiger partial charge on any atom is 0.410 e. The maximum atomic E-state index is 12.3. The lowest BCUT2D eigenvalue weighted by atomic mass is 10.1. The van der Waals surface area contributed by atoms with Crippen LogP contribution in [0.25, 0.3) is 5.69 Å². The number of carbonyl (C=O) groups excluding carboxylic acids is 1. The van der Waals surface area contributed by atoms with E-state index in [2.05, 4.69) is 5.10 Å². The Labute approximate surface area is 147 Å². The smallest absolute Gasteiger partial charge is 0.410 e. The van der Waals surface area contributed by atoms with Crippen LogP contribution < -0.4 is 10.5 Å². The second-order valence-corrected chi connectivity index (χ2v) is 7.11. The van der Waals surface area contributed by atoms with Gasteiger partial charge in [-0.3, -0.25) is 0 Å². The third kappa shape index (κ3) is 3.55. The summed E-state index contributed by atoms with van der Waals surface area (Å²) in [6.45, 7) is 6.66. The standard InChI is InChI=1S/C18H24N4O3/c1-18(2,3)25-17(23)21-8-7-14-12(11-21)10-20-22(14)15-9-13(19)5-6-16(15)24-4/h5-6,9-10H,7-8,11,19H2,1-4H3. The van der Waals surface area contributed by atoms with Gasteiger partial charge in [0, 0.05) is 24.2 Å². The van der Waals surface area contributed by atoms with Crippen molar-refractivity contribution in [1.82, 2.24) is 14.7 Å². The Morgan fingerprint density at radius 2 is 2.08 bits per heavy atom. The Morgan fingerprint density at radius 3 is 2.76 bits per heavy atom. The largest absolute Gasteiger partial charge is 0.494 e. The molecular weight excluding hydrogens is 320 g/mol. The molecule has 0 bridgehead atoms. The molecule has 0 aliphatic carbocycles. The Balaban J connectivity index is 1.87. The Bertz CT molecular complexity index is 792. The van der Waals surface area contributed by atoms with E-state index in [9.17, 15) is 4.79 Å². The molecule has 0 spiro atoms. The van der Waals surface area contributed by atoms with E-state index < -0.39 is 5.60 Å². The van der Waals surface area contributed by atoms with Crippen LogP contribution in [0.4, 0.5) is 10.5 Å². The Hall–Kier alpha value is -2.70. The lowest BCUT2D eigenvalue weighted by Gasteiger charge is -2.30. The Kier molecular flexibility index (Phi) is 4.32. The summed E-state index contributed by atoms with van der Waals surface area (Å²) in [6.07, 6.45) is 2.17. The number of methoxy groups -OCH3 is 1. The molecule has 7 heteroatoms. The highest BCUT2D eigenvalue weighted by molar-refractivity contribution is 5.68. The number of anilines is 1. The third-order valence-electron chi connectivity index (χ3n) is 4.02. The second kappa shape index (κ2) is 6.31. The minimum absolute atomic E-state index is 0.299. The van der Waals surface area contributed by atoms with Crippen LogP contribution in [0.3, 0.4) is 0 Å². The first-order valence-electron chi connectivity index (χ1n) is 8.26. The molecule has 1 aliphatic rings. The molecule has 1 amide bonds. The number of nitrogens with two attached hydrogens (primary N) is 1. The number of amides is 1. The molecule has 2 aromatic rings. The van der Waals surface area contributed by atoms with E-state index in [-0.39, 0.29) is 6.09 Å². The van der Waals surface area contributed by atoms with E-state index >= 15 is 0 Å². The topological polar surface area (TPSA) is 82.6 Å². The number of benzene rings is 1. The summed E-state index contributed by atoms with van der Waals surface area (Å²) in [5, 5.41) is 4.49. The number of hydrogen-bond acceptors (Lipinski definition) is 5. The van der Waals surface area contributed by atoms with Gasteiger partial charge in [0.1, 0.15) is 17.0 Å². The highest BCUT2D eigenvalue weighted by Crippen LogP contribution is 2.29. The summed E-state index contributed by atoms with van der Waals surface area (Å²) in [5.74, 6) is 0.703. The number of rotatable bonds is 2. The number of ether oxygens (including phenoxy) is 2. The second-order valence-electron chi connectivity index (χ2n) is 7.11. The molecule has 134 valence electrons. The molecule has 2 heterocycles. The zero-order valence-electron chi connectivity index (χ0n) is 15.1. The average molecular weight is 344 g/mol. The van der Waals surface area contributed by atoms with Crippen molar-refractivity contribution in [2.45, 2.75) is 39.3 Å². The Morgan fingerprint density at radius 1 is 1.32 bits per heavy atom. The average Bonchev–Trinajstić information content (AvgIpc) is 2.96. The zero-order valence-corrected chi connectivity index (χ0v) is 15.1. The lowest BCUT2D eigenvalue weighted by molar-refractivity contribution is 0.0223. The number of hydrogen-bond donors (Lipinski definition) is 1. The van der Waals surface area contributed by atoms with Crippen LogP contribution in [0, 0.1) is 0 Å². The fourth-order valence-electron chi connectivity index (χ4n) is 2.89. The third-order valence-corrected chi connectivity index (χ3v) is 4.02. The molecule has 1 aromatic heterocycles. The van der Waals surface area contributed by atoms with Crippen LogP contribution in [0.2, 0.25) is 0 Å². The van der Waals surface area contributed by atoms with Crippen molar-refractivity contribution in [2.75, 3.05) is 19.4 Å². The van der Waals surface area contributed by atoms with Gasteiger partial charge in [-0.15, -0.1) is 0 Å². The van der Waals surface area contributed by atoms with Gasteiger partial charge < -0.3 is 20.1 Å². The van der Waals surface area contributed by atoms with E-state index in [1.807, 2.05) is 37.6 Å². The van der Waals surface area contributed by atoms with Gasteiger partial charge >= 0.3 is 6.09 Å². The van der Waals surface area contributed by atoms with Gasteiger partial charge in [-0.2, -0.15) is 5.10 Å². The first-order chi connectivity index (χ1) is 11.8. The van der Waals surface area contributed by atoms with Crippen LogP contribution >= 0.6 is 0 Å². The highest BCUT2D eigenvalue weighted by atomic mass is 16.6. The number of fused-ring (bicyclic) bond motifs is 1. The van der Waals surface area contributed by atoms with Crippen molar-refractivity contribution in [3.63, 3.8) is 0 Å². The van der Waals surface area contributed by atoms with Crippen molar-refractivity contribution in [3.8, 4) is 11.4 Å². The SMILES string of the molecule is COc1ccc(N)cc1-n1ncc2c1CCN(C(=O)OC(C)(C)C)C2. The van der Waals surface area contributed by atoms with Crippen LogP contribution in [-0.2, 0) is 17.7 Å². The van der Waals surface area contributed by atoms with Gasteiger partial charge in [0.05, 0.1) is 25.5 Å². The van der Waals surface area contributed by atoms with Crippen LogP contribution in [0.15, 0.2) is 24.4 Å². The van der Waals surface area contributed by atoms with Gasteiger partial charge in [-0.1, -0.05) is 0 Å². The number of nitrogen functional groups attached to an aromatic ring is 1. The minimum Gasteiger partial charge on any atom is -0.494 e. The monoisotopic (exact) mass is 344 g/mol. The van der Waals surface area contributed by atoms with Gasteiger partial charge in [0.25, 0.3) is 0 Å². The minimum atomic E-state index is -0.503. The van der Waals surface area contributed by atoms with Crippen molar-refractivity contribution >= 4 is 11.8 Å². The van der Waals surface area contributed by atoms with Crippen molar-refractivity contribution in [1.29, 1.82) is 0 Å². The summed E-state index contributed by atoms with van der Waals surface area (Å²) < 4.78 is 12.7. The molecule has 2 N–H and O–H groups in total. The maximum absolute atomic E-state index is 12.3. The van der Waals surface area contributed by atoms with E-state index in [1.165, 1.54) is 0 Å². The van der Waals surface area contributed by atoms with Crippen LogP contribution in [-0.4, -0.2) is 40.0 Å². The molecular formula is C18H24N4O3. The first-order valence-corrected chi connectivity index (χ1v) is 8.26. The molecule has 1 aromatic carbocycles. The van der Waals surface area contributed by atoms with E-state index in [0.717, 1.165) is 16.9 Å². The highest BCUT2D eigenvalue weighted by Gasteiger charge is 2.28. The fraction of sp³-hybridized carbons (Fsp3) is 0.444. The number of carbonyl (C=O) groups is 1. The van der Waals surface area contributed by atoms with Crippen LogP contribution in [0.1, 0.15) is 32.0 Å². The fourth-order valence-corrected chi connectivity index (χ4v) is 2.89. The molecule has 3 rings (SSSR count). The molecule has 0 saturated heterocycles. The van der Waals surface area contributed by atoms with E-state index in [4.69, 9.17) is 15.2 Å². The summed E-state index contributed by atoms with van der Waals surface area (Å²) in [4.78, 5) is 14.0. The van der Waals surface area contributed by atoms with Gasteiger partial charge in [-0.25, -0.2) is 9.48 Å². The first kappa shape index (κ1) is 17.1. The molecule has 25 heavy (non-hydrogen) atoms. The van der Waals surface area contributed by atoms with E-state index in [1.54, 1.807) is 24.3 Å². The van der Waals surface area contributed by atoms with Gasteiger partial charge in [-0.05, 0) is 39.0 Å². The van der Waals surface area contributed by atoms with Crippen molar-refractivity contribution in [2.24, 2.45) is 0 Å². The van der Waals surface area contributed by atoms with E-state index in [0.29, 0.717) is 30.9 Å². The normalized spacial score (nSPS) is 14.2. The predicted octanol–water partition coefficient (Wildman–Crippen LogP) is 2.76. The quantitative estimate of drug-likeness (QED) is 0.847. The summed E-state index contributed by atoms with van der Waals surface area (Å²) >= 11 is 0. The van der Waals surface area contributed by atoms with Gasteiger partial charge in [0.15, 0.2) is 0 Å².